The van der Waals surface area contributed by atoms with Gasteiger partial charge in [-0.2, -0.15) is 0 Å². The van der Waals surface area contributed by atoms with Crippen LogP contribution in [-0.2, 0) is 11.3 Å². The molecule has 0 atom stereocenters. The fourth-order valence-corrected chi connectivity index (χ4v) is 2.58. The second-order valence-corrected chi connectivity index (χ2v) is 7.97. The minimum absolute atomic E-state index is 0.192. The molecular weight excluding hydrogens is 387 g/mol. The lowest BCUT2D eigenvalue weighted by atomic mass is 9.95. The number of nitrogens with one attached hydrogen (secondary N) is 3. The maximum absolute atomic E-state index is 12.6. The monoisotopic (exact) mass is 408 g/mol. The molecule has 0 saturated carbocycles. The predicted octanol–water partition coefficient (Wildman–Crippen LogP) is 4.12. The summed E-state index contributed by atoms with van der Waals surface area (Å²) in [6.45, 7) is 7.55. The molecule has 0 spiro atoms. The number of hydrogen-bond donors (Lipinski definition) is 3. The van der Waals surface area contributed by atoms with Crippen LogP contribution in [0.5, 0.6) is 0 Å². The van der Waals surface area contributed by atoms with E-state index in [2.05, 4.69) is 21.2 Å². The van der Waals surface area contributed by atoms with Crippen molar-refractivity contribution >= 4 is 40.7 Å². The number of aryl methyl sites for hydroxylation is 1. The highest BCUT2D eigenvalue weighted by Gasteiger charge is 2.24. The number of carbonyl (C=O) groups is 2. The van der Waals surface area contributed by atoms with E-state index < -0.39 is 11.3 Å². The Bertz CT molecular complexity index is 846. The summed E-state index contributed by atoms with van der Waals surface area (Å²) in [5.41, 5.74) is 7.11. The van der Waals surface area contributed by atoms with E-state index in [1.165, 1.54) is 6.07 Å². The van der Waals surface area contributed by atoms with E-state index in [4.69, 9.17) is 23.2 Å². The molecule has 1 heterocycles. The first kappa shape index (κ1) is 21.2. The SMILES string of the molecule is Cc1cc(Cl)cc(C(=O)NNCc2ccc(Cl)nc2)c1NC(=O)C(C)(C)C. The molecule has 0 aliphatic rings. The summed E-state index contributed by atoms with van der Waals surface area (Å²) in [5.74, 6) is -0.603. The van der Waals surface area contributed by atoms with Crippen molar-refractivity contribution < 1.29 is 9.59 Å². The summed E-state index contributed by atoms with van der Waals surface area (Å²) in [5, 5.41) is 3.64. The highest BCUT2D eigenvalue weighted by atomic mass is 35.5. The van der Waals surface area contributed by atoms with Crippen LogP contribution in [0.15, 0.2) is 30.5 Å². The van der Waals surface area contributed by atoms with Gasteiger partial charge in [-0.15, -0.1) is 0 Å². The van der Waals surface area contributed by atoms with Gasteiger partial charge in [-0.25, -0.2) is 10.4 Å². The lowest BCUT2D eigenvalue weighted by molar-refractivity contribution is -0.123. The fraction of sp³-hybridized carbons (Fsp3) is 0.316. The molecule has 1 aromatic heterocycles. The summed E-state index contributed by atoms with van der Waals surface area (Å²) in [6.07, 6.45) is 1.61. The van der Waals surface area contributed by atoms with Gasteiger partial charge in [-0.1, -0.05) is 50.0 Å². The molecule has 0 radical (unpaired) electrons. The highest BCUT2D eigenvalue weighted by Crippen LogP contribution is 2.27. The third-order valence-electron chi connectivity index (χ3n) is 3.75. The number of rotatable bonds is 5. The first-order valence-corrected chi connectivity index (χ1v) is 9.09. The van der Waals surface area contributed by atoms with Gasteiger partial charge in [0.25, 0.3) is 5.91 Å². The zero-order valence-corrected chi connectivity index (χ0v) is 17.1. The molecule has 3 N–H and O–H groups in total. The van der Waals surface area contributed by atoms with Crippen LogP contribution in [0.1, 0.15) is 42.3 Å². The second-order valence-electron chi connectivity index (χ2n) is 7.15. The fourth-order valence-electron chi connectivity index (χ4n) is 2.19. The third kappa shape index (κ3) is 5.92. The highest BCUT2D eigenvalue weighted by molar-refractivity contribution is 6.31. The Balaban J connectivity index is 2.14. The average molecular weight is 409 g/mol. The van der Waals surface area contributed by atoms with Crippen LogP contribution in [0, 0.1) is 12.3 Å². The Morgan fingerprint density at radius 1 is 1.15 bits per heavy atom. The topological polar surface area (TPSA) is 83.1 Å². The van der Waals surface area contributed by atoms with Crippen molar-refractivity contribution in [1.82, 2.24) is 15.8 Å². The van der Waals surface area contributed by atoms with E-state index in [1.807, 2.05) is 0 Å². The van der Waals surface area contributed by atoms with Gasteiger partial charge in [0.05, 0.1) is 11.3 Å². The summed E-state index contributed by atoms with van der Waals surface area (Å²) >= 11 is 11.9. The normalized spacial score (nSPS) is 11.2. The van der Waals surface area contributed by atoms with Crippen molar-refractivity contribution in [2.24, 2.45) is 5.41 Å². The smallest absolute Gasteiger partial charge is 0.267 e. The van der Waals surface area contributed by atoms with Crippen LogP contribution in [0.4, 0.5) is 5.69 Å². The number of hydrogen-bond acceptors (Lipinski definition) is 4. The lowest BCUT2D eigenvalue weighted by Gasteiger charge is -2.21. The van der Waals surface area contributed by atoms with E-state index in [-0.39, 0.29) is 11.5 Å². The van der Waals surface area contributed by atoms with E-state index in [0.717, 1.165) is 5.56 Å². The quantitative estimate of drug-likeness (QED) is 0.513. The largest absolute Gasteiger partial charge is 0.325 e. The molecule has 1 aromatic carbocycles. The molecule has 6 nitrogen and oxygen atoms in total. The molecule has 2 amide bonds. The summed E-state index contributed by atoms with van der Waals surface area (Å²) < 4.78 is 0. The summed E-state index contributed by atoms with van der Waals surface area (Å²) in [7, 11) is 0. The van der Waals surface area contributed by atoms with Crippen LogP contribution < -0.4 is 16.2 Å². The molecule has 8 heteroatoms. The molecule has 0 saturated heterocycles. The van der Waals surface area contributed by atoms with Crippen molar-refractivity contribution in [3.8, 4) is 0 Å². The molecular formula is C19H22Cl2N4O2. The minimum atomic E-state index is -0.598. The number of benzene rings is 1. The van der Waals surface area contributed by atoms with Gasteiger partial charge >= 0.3 is 0 Å². The molecule has 2 aromatic rings. The molecule has 2 rings (SSSR count). The van der Waals surface area contributed by atoms with Crippen LogP contribution >= 0.6 is 23.2 Å². The first-order chi connectivity index (χ1) is 12.6. The Kier molecular flexibility index (Phi) is 6.81. The van der Waals surface area contributed by atoms with Crippen LogP contribution in [0.2, 0.25) is 10.2 Å². The van der Waals surface area contributed by atoms with Crippen molar-refractivity contribution in [1.29, 1.82) is 0 Å². The van der Waals surface area contributed by atoms with E-state index >= 15 is 0 Å². The maximum Gasteiger partial charge on any atom is 0.267 e. The summed E-state index contributed by atoms with van der Waals surface area (Å²) in [6, 6.07) is 6.69. The number of nitrogens with zero attached hydrogens (tertiary/aromatic N) is 1. The van der Waals surface area contributed by atoms with Gasteiger partial charge in [0, 0.05) is 23.2 Å². The molecule has 27 heavy (non-hydrogen) atoms. The number of amides is 2. The van der Waals surface area contributed by atoms with Crippen molar-refractivity contribution in [2.75, 3.05) is 5.32 Å². The first-order valence-electron chi connectivity index (χ1n) is 8.33. The molecule has 144 valence electrons. The number of carbonyl (C=O) groups excluding carboxylic acids is 2. The van der Waals surface area contributed by atoms with Crippen LogP contribution in [0.25, 0.3) is 0 Å². The standard InChI is InChI=1S/C19H22Cl2N4O2/c1-11-7-13(20)8-14(16(11)24-18(27)19(2,3)4)17(26)25-23-10-12-5-6-15(21)22-9-12/h5-9,23H,10H2,1-4H3,(H,24,27)(H,25,26). The lowest BCUT2D eigenvalue weighted by Crippen LogP contribution is -2.38. The summed E-state index contributed by atoms with van der Waals surface area (Å²) in [4.78, 5) is 29.0. The zero-order chi connectivity index (χ0) is 20.2. The number of anilines is 1. The van der Waals surface area contributed by atoms with Crippen molar-refractivity contribution in [3.63, 3.8) is 0 Å². The predicted molar refractivity (Wildman–Crippen MR) is 108 cm³/mol. The number of pyridine rings is 1. The van der Waals surface area contributed by atoms with Gasteiger partial charge in [0.1, 0.15) is 5.15 Å². The Morgan fingerprint density at radius 3 is 2.44 bits per heavy atom. The van der Waals surface area contributed by atoms with E-state index in [1.54, 1.807) is 52.1 Å². The van der Waals surface area contributed by atoms with Gasteiger partial charge in [0.15, 0.2) is 0 Å². The Hall–Kier alpha value is -2.15. The van der Waals surface area contributed by atoms with Gasteiger partial charge in [-0.3, -0.25) is 15.0 Å². The number of aromatic nitrogens is 1. The van der Waals surface area contributed by atoms with Crippen LogP contribution in [0.3, 0.4) is 0 Å². The van der Waals surface area contributed by atoms with Crippen molar-refractivity contribution in [3.05, 3.63) is 57.3 Å². The van der Waals surface area contributed by atoms with E-state index in [0.29, 0.717) is 28.0 Å². The zero-order valence-electron chi connectivity index (χ0n) is 15.6. The molecule has 0 aliphatic carbocycles. The van der Waals surface area contributed by atoms with Crippen LogP contribution in [-0.4, -0.2) is 16.8 Å². The molecule has 0 fully saturated rings. The minimum Gasteiger partial charge on any atom is -0.325 e. The van der Waals surface area contributed by atoms with Gasteiger partial charge in [-0.05, 0) is 36.2 Å². The number of halogens is 2. The third-order valence-corrected chi connectivity index (χ3v) is 4.19. The Labute approximate surface area is 168 Å². The van der Waals surface area contributed by atoms with Gasteiger partial charge < -0.3 is 5.32 Å². The van der Waals surface area contributed by atoms with E-state index in [9.17, 15) is 9.59 Å². The second kappa shape index (κ2) is 8.69. The Morgan fingerprint density at radius 2 is 1.85 bits per heavy atom. The number of hydrazine groups is 1. The van der Waals surface area contributed by atoms with Gasteiger partial charge in [0.2, 0.25) is 5.91 Å². The molecule has 0 unspecified atom stereocenters. The molecule has 0 bridgehead atoms. The maximum atomic E-state index is 12.6. The molecule has 0 aliphatic heterocycles. The average Bonchev–Trinajstić information content (AvgIpc) is 2.57. The van der Waals surface area contributed by atoms with Crippen molar-refractivity contribution in [2.45, 2.75) is 34.2 Å².